The molecule has 114 valence electrons. The molecule has 5 nitrogen and oxygen atoms in total. The van der Waals surface area contributed by atoms with E-state index in [9.17, 15) is 4.79 Å². The fourth-order valence-corrected chi connectivity index (χ4v) is 2.99. The van der Waals surface area contributed by atoms with Crippen molar-refractivity contribution in [1.82, 2.24) is 10.0 Å². The number of amides is 1. The van der Waals surface area contributed by atoms with Gasteiger partial charge in [-0.3, -0.25) is 9.63 Å². The molecule has 0 unspecified atom stereocenters. The topological polar surface area (TPSA) is 45.7 Å². The zero-order chi connectivity index (χ0) is 14.5. The Kier molecular flexibility index (Phi) is 4.70. The quantitative estimate of drug-likeness (QED) is 0.839. The van der Waals surface area contributed by atoms with E-state index in [2.05, 4.69) is 9.88 Å². The number of hydroxylamine groups is 2. The van der Waals surface area contributed by atoms with Gasteiger partial charge in [0.1, 0.15) is 5.82 Å². The van der Waals surface area contributed by atoms with E-state index in [4.69, 9.17) is 4.84 Å². The summed E-state index contributed by atoms with van der Waals surface area (Å²) in [6, 6.07) is 3.70. The second-order valence-corrected chi connectivity index (χ2v) is 5.72. The van der Waals surface area contributed by atoms with Gasteiger partial charge in [0.05, 0.1) is 12.2 Å². The molecule has 2 aliphatic heterocycles. The standard InChI is InChI=1S/C16H23N3O2/c20-16(19-12-5-2-6-13-21-19)14-8-7-9-17-15(14)18-10-3-1-4-11-18/h7-9H,1-6,10-13H2. The first-order valence-electron chi connectivity index (χ1n) is 8.01. The van der Waals surface area contributed by atoms with Crippen LogP contribution in [0.1, 0.15) is 48.9 Å². The maximum absolute atomic E-state index is 12.8. The number of hydrogen-bond donors (Lipinski definition) is 0. The van der Waals surface area contributed by atoms with E-state index in [1.807, 2.05) is 12.1 Å². The Morgan fingerprint density at radius 1 is 1.05 bits per heavy atom. The second kappa shape index (κ2) is 6.89. The number of rotatable bonds is 2. The zero-order valence-electron chi connectivity index (χ0n) is 12.5. The number of piperidine rings is 1. The Labute approximate surface area is 125 Å². The fraction of sp³-hybridized carbons (Fsp3) is 0.625. The van der Waals surface area contributed by atoms with E-state index in [0.29, 0.717) is 18.7 Å². The Hall–Kier alpha value is -1.62. The van der Waals surface area contributed by atoms with Gasteiger partial charge in [-0.25, -0.2) is 10.0 Å². The summed E-state index contributed by atoms with van der Waals surface area (Å²) < 4.78 is 0. The molecule has 3 heterocycles. The van der Waals surface area contributed by atoms with E-state index in [1.54, 1.807) is 6.20 Å². The lowest BCUT2D eigenvalue weighted by molar-refractivity contribution is -0.115. The molecule has 0 atom stereocenters. The first-order valence-corrected chi connectivity index (χ1v) is 8.01. The van der Waals surface area contributed by atoms with Crippen LogP contribution in [0.3, 0.4) is 0 Å². The van der Waals surface area contributed by atoms with Crippen LogP contribution in [0.4, 0.5) is 5.82 Å². The van der Waals surface area contributed by atoms with Gasteiger partial charge in [-0.15, -0.1) is 0 Å². The zero-order valence-corrected chi connectivity index (χ0v) is 12.5. The third-order valence-electron chi connectivity index (χ3n) is 4.15. The number of hydrogen-bond acceptors (Lipinski definition) is 4. The highest BCUT2D eigenvalue weighted by molar-refractivity contribution is 5.98. The lowest BCUT2D eigenvalue weighted by Crippen LogP contribution is -2.35. The normalized spacial score (nSPS) is 20.2. The number of pyridine rings is 1. The van der Waals surface area contributed by atoms with Crippen LogP contribution >= 0.6 is 0 Å². The highest BCUT2D eigenvalue weighted by Crippen LogP contribution is 2.23. The van der Waals surface area contributed by atoms with Gasteiger partial charge in [0, 0.05) is 25.8 Å². The monoisotopic (exact) mass is 289 g/mol. The summed E-state index contributed by atoms with van der Waals surface area (Å²) in [5.74, 6) is 0.764. The lowest BCUT2D eigenvalue weighted by atomic mass is 10.1. The van der Waals surface area contributed by atoms with E-state index in [1.165, 1.54) is 24.3 Å². The molecule has 0 spiro atoms. The van der Waals surface area contributed by atoms with Gasteiger partial charge < -0.3 is 4.90 Å². The van der Waals surface area contributed by atoms with Crippen LogP contribution in [0.2, 0.25) is 0 Å². The number of aromatic nitrogens is 1. The van der Waals surface area contributed by atoms with E-state index < -0.39 is 0 Å². The van der Waals surface area contributed by atoms with E-state index in [0.717, 1.165) is 38.2 Å². The minimum absolute atomic E-state index is 0.0504. The molecule has 1 amide bonds. The molecule has 5 heteroatoms. The van der Waals surface area contributed by atoms with Crippen LogP contribution < -0.4 is 4.90 Å². The molecule has 0 N–H and O–H groups in total. The van der Waals surface area contributed by atoms with Gasteiger partial charge in [0.25, 0.3) is 5.91 Å². The third kappa shape index (κ3) is 3.35. The average Bonchev–Trinajstić information content (AvgIpc) is 2.84. The minimum atomic E-state index is -0.0504. The van der Waals surface area contributed by atoms with Crippen LogP contribution in [-0.2, 0) is 4.84 Å². The summed E-state index contributed by atoms with van der Waals surface area (Å²) in [7, 11) is 0. The van der Waals surface area contributed by atoms with E-state index in [-0.39, 0.29) is 5.91 Å². The highest BCUT2D eigenvalue weighted by atomic mass is 16.7. The number of carbonyl (C=O) groups excluding carboxylic acids is 1. The van der Waals surface area contributed by atoms with Gasteiger partial charge in [-0.05, 0) is 50.7 Å². The van der Waals surface area contributed by atoms with Gasteiger partial charge >= 0.3 is 0 Å². The highest BCUT2D eigenvalue weighted by Gasteiger charge is 2.24. The molecule has 0 aliphatic carbocycles. The van der Waals surface area contributed by atoms with Crippen LogP contribution in [0.5, 0.6) is 0 Å². The fourth-order valence-electron chi connectivity index (χ4n) is 2.99. The van der Waals surface area contributed by atoms with Crippen LogP contribution in [0, 0.1) is 0 Å². The Bertz CT molecular complexity index is 478. The number of carbonyl (C=O) groups is 1. The van der Waals surface area contributed by atoms with Crippen LogP contribution in [0.15, 0.2) is 18.3 Å². The van der Waals surface area contributed by atoms with Gasteiger partial charge in [0.15, 0.2) is 0 Å². The van der Waals surface area contributed by atoms with Crippen molar-refractivity contribution in [1.29, 1.82) is 0 Å². The smallest absolute Gasteiger partial charge is 0.281 e. The lowest BCUT2D eigenvalue weighted by Gasteiger charge is -2.30. The molecule has 0 saturated carbocycles. The predicted molar refractivity (Wildman–Crippen MR) is 81.1 cm³/mol. The van der Waals surface area contributed by atoms with E-state index >= 15 is 0 Å². The molecule has 21 heavy (non-hydrogen) atoms. The molecule has 1 aromatic heterocycles. The molecule has 2 saturated heterocycles. The third-order valence-corrected chi connectivity index (χ3v) is 4.15. The van der Waals surface area contributed by atoms with Gasteiger partial charge in [-0.2, -0.15) is 0 Å². The van der Waals surface area contributed by atoms with Crippen LogP contribution in [0.25, 0.3) is 0 Å². The van der Waals surface area contributed by atoms with Crippen molar-refractivity contribution in [2.24, 2.45) is 0 Å². The molecule has 0 radical (unpaired) electrons. The maximum atomic E-state index is 12.8. The van der Waals surface area contributed by atoms with Crippen molar-refractivity contribution < 1.29 is 9.63 Å². The Morgan fingerprint density at radius 2 is 1.81 bits per heavy atom. The second-order valence-electron chi connectivity index (χ2n) is 5.72. The SMILES string of the molecule is O=C(c1cccnc1N1CCCCC1)N1CCCCCO1. The summed E-state index contributed by atoms with van der Waals surface area (Å²) in [5, 5.41) is 1.53. The Morgan fingerprint density at radius 3 is 2.67 bits per heavy atom. The van der Waals surface area contributed by atoms with Crippen molar-refractivity contribution >= 4 is 11.7 Å². The van der Waals surface area contributed by atoms with Gasteiger partial charge in [0.2, 0.25) is 0 Å². The predicted octanol–water partition coefficient (Wildman–Crippen LogP) is 2.63. The van der Waals surface area contributed by atoms with Crippen molar-refractivity contribution in [2.45, 2.75) is 38.5 Å². The molecule has 0 bridgehead atoms. The molecule has 0 aromatic carbocycles. The summed E-state index contributed by atoms with van der Waals surface area (Å²) in [5.41, 5.74) is 0.668. The summed E-state index contributed by atoms with van der Waals surface area (Å²) in [6.07, 6.45) is 8.53. The maximum Gasteiger partial charge on any atom is 0.281 e. The molecular weight excluding hydrogens is 266 g/mol. The summed E-state index contributed by atoms with van der Waals surface area (Å²) in [4.78, 5) is 25.0. The van der Waals surface area contributed by atoms with Gasteiger partial charge in [-0.1, -0.05) is 0 Å². The molecule has 2 fully saturated rings. The van der Waals surface area contributed by atoms with Crippen molar-refractivity contribution in [3.8, 4) is 0 Å². The molecular formula is C16H23N3O2. The van der Waals surface area contributed by atoms with Crippen LogP contribution in [-0.4, -0.2) is 42.2 Å². The molecule has 1 aromatic rings. The minimum Gasteiger partial charge on any atom is -0.356 e. The van der Waals surface area contributed by atoms with Crippen molar-refractivity contribution in [2.75, 3.05) is 31.1 Å². The van der Waals surface area contributed by atoms with Crippen molar-refractivity contribution in [3.05, 3.63) is 23.9 Å². The first kappa shape index (κ1) is 14.3. The molecule has 3 rings (SSSR count). The Balaban J connectivity index is 1.81. The number of nitrogens with zero attached hydrogens (tertiary/aromatic N) is 3. The average molecular weight is 289 g/mol. The van der Waals surface area contributed by atoms with Crippen molar-refractivity contribution in [3.63, 3.8) is 0 Å². The summed E-state index contributed by atoms with van der Waals surface area (Å²) in [6.45, 7) is 3.27. The summed E-state index contributed by atoms with van der Waals surface area (Å²) >= 11 is 0. The largest absolute Gasteiger partial charge is 0.356 e. The first-order chi connectivity index (χ1) is 10.4. The molecule has 2 aliphatic rings. The number of anilines is 1.